The van der Waals surface area contributed by atoms with Crippen molar-refractivity contribution in [3.63, 3.8) is 0 Å². The Morgan fingerprint density at radius 2 is 1.68 bits per heavy atom. The van der Waals surface area contributed by atoms with Crippen LogP contribution in [0.5, 0.6) is 0 Å². The fraction of sp³-hybridized carbons (Fsp3) is 0.312. The van der Waals surface area contributed by atoms with Crippen LogP contribution in [0.4, 0.5) is 5.69 Å². The van der Waals surface area contributed by atoms with Crippen LogP contribution in [0, 0.1) is 0 Å². The third-order valence-corrected chi connectivity index (χ3v) is 7.02. The molecule has 0 saturated heterocycles. The number of amides is 1. The number of anilines is 1. The van der Waals surface area contributed by atoms with Crippen LogP contribution < -0.4 is 40.2 Å². The molecule has 2 aromatic carbocycles. The molecule has 0 aliphatic rings. The van der Waals surface area contributed by atoms with E-state index in [2.05, 4.69) is 10.6 Å². The van der Waals surface area contributed by atoms with E-state index in [4.69, 9.17) is 0 Å². The smallest absolute Gasteiger partial charge is 0.744 e. The Bertz CT molecular complexity index is 1040. The van der Waals surface area contributed by atoms with Crippen molar-refractivity contribution >= 4 is 52.1 Å². The summed E-state index contributed by atoms with van der Waals surface area (Å²) in [5.41, 5.74) is 0.639. The minimum absolute atomic E-state index is 0. The number of hydrogen-bond donors (Lipinski definition) is 2. The predicted octanol–water partition coefficient (Wildman–Crippen LogP) is -1.64. The second-order valence-electron chi connectivity index (χ2n) is 5.66. The Morgan fingerprint density at radius 3 is 2.32 bits per heavy atom. The van der Waals surface area contributed by atoms with Crippen LogP contribution in [-0.2, 0) is 23.8 Å². The molecular formula is C16H19N2NaO6S3. The molecule has 12 heteroatoms. The van der Waals surface area contributed by atoms with E-state index in [0.29, 0.717) is 29.5 Å². The van der Waals surface area contributed by atoms with Crippen LogP contribution in [0.3, 0.4) is 0 Å². The van der Waals surface area contributed by atoms with Crippen molar-refractivity contribution in [3.05, 3.63) is 36.4 Å². The van der Waals surface area contributed by atoms with Crippen LogP contribution >= 0.6 is 10.8 Å². The minimum Gasteiger partial charge on any atom is -0.744 e. The molecule has 0 fully saturated rings. The monoisotopic (exact) mass is 454 g/mol. The molecule has 1 amide bonds. The van der Waals surface area contributed by atoms with Gasteiger partial charge in [-0.1, -0.05) is 24.3 Å². The molecular weight excluding hydrogens is 435 g/mol. The molecule has 0 bridgehead atoms. The average Bonchev–Trinajstić information content (AvgIpc) is 2.56. The van der Waals surface area contributed by atoms with Crippen LogP contribution in [0.1, 0.15) is 6.42 Å². The third kappa shape index (κ3) is 7.90. The first-order valence-electron chi connectivity index (χ1n) is 7.90. The molecule has 2 aromatic rings. The Balaban J connectivity index is 0.00000392. The SMILES string of the molecule is CS(=O)(=O)SCCC(=O)NCCNc1cccc2c(S(=O)(=O)[O-])cccc12.[Na+]. The molecule has 0 aliphatic carbocycles. The van der Waals surface area contributed by atoms with E-state index in [1.165, 1.54) is 12.1 Å². The van der Waals surface area contributed by atoms with Crippen LogP contribution in [0.2, 0.25) is 0 Å². The first-order valence-corrected chi connectivity index (χ1v) is 12.7. The fourth-order valence-electron chi connectivity index (χ4n) is 2.43. The van der Waals surface area contributed by atoms with Gasteiger partial charge in [-0.25, -0.2) is 16.8 Å². The predicted molar refractivity (Wildman–Crippen MR) is 105 cm³/mol. The first-order chi connectivity index (χ1) is 12.6. The molecule has 0 unspecified atom stereocenters. The topological polar surface area (TPSA) is 132 Å². The molecule has 28 heavy (non-hydrogen) atoms. The van der Waals surface area contributed by atoms with Crippen molar-refractivity contribution in [2.45, 2.75) is 11.3 Å². The quantitative estimate of drug-likeness (QED) is 0.200. The number of carbonyl (C=O) groups excluding carboxylic acids is 1. The number of nitrogens with one attached hydrogen (secondary N) is 2. The van der Waals surface area contributed by atoms with Gasteiger partial charge in [0, 0.05) is 48.0 Å². The van der Waals surface area contributed by atoms with E-state index in [0.717, 1.165) is 17.0 Å². The molecule has 0 aliphatic heterocycles. The summed E-state index contributed by atoms with van der Waals surface area (Å²) in [6.07, 6.45) is 1.18. The van der Waals surface area contributed by atoms with Crippen molar-refractivity contribution in [1.82, 2.24) is 5.32 Å². The van der Waals surface area contributed by atoms with Gasteiger partial charge in [0.05, 0.1) is 4.90 Å². The fourth-order valence-corrected chi connectivity index (χ4v) is 4.85. The van der Waals surface area contributed by atoms with Gasteiger partial charge in [0.1, 0.15) is 10.1 Å². The van der Waals surface area contributed by atoms with Crippen molar-refractivity contribution in [1.29, 1.82) is 0 Å². The van der Waals surface area contributed by atoms with Crippen molar-refractivity contribution in [2.24, 2.45) is 0 Å². The van der Waals surface area contributed by atoms with E-state index >= 15 is 0 Å². The maximum Gasteiger partial charge on any atom is 1.00 e. The van der Waals surface area contributed by atoms with Gasteiger partial charge in [-0.15, -0.1) is 0 Å². The summed E-state index contributed by atoms with van der Waals surface area (Å²) < 4.78 is 56.1. The third-order valence-electron chi connectivity index (χ3n) is 3.54. The van der Waals surface area contributed by atoms with Gasteiger partial charge in [0.15, 0.2) is 8.87 Å². The second kappa shape index (κ2) is 10.8. The first kappa shape index (κ1) is 25.2. The van der Waals surface area contributed by atoms with E-state index < -0.39 is 19.0 Å². The minimum atomic E-state index is -4.58. The second-order valence-corrected chi connectivity index (χ2v) is 11.6. The zero-order chi connectivity index (χ0) is 20.1. The molecule has 2 N–H and O–H groups in total. The van der Waals surface area contributed by atoms with Gasteiger partial charge in [-0.3, -0.25) is 4.79 Å². The normalized spacial score (nSPS) is 11.6. The average molecular weight is 455 g/mol. The molecule has 0 radical (unpaired) electrons. The summed E-state index contributed by atoms with van der Waals surface area (Å²) >= 11 is 0. The van der Waals surface area contributed by atoms with E-state index in [-0.39, 0.29) is 52.5 Å². The summed E-state index contributed by atoms with van der Waals surface area (Å²) in [6.45, 7) is 0.677. The Hall–Kier alpha value is -0.820. The zero-order valence-electron chi connectivity index (χ0n) is 15.5. The number of carbonyl (C=O) groups is 1. The summed E-state index contributed by atoms with van der Waals surface area (Å²) in [6, 6.07) is 9.41. The van der Waals surface area contributed by atoms with E-state index in [1.54, 1.807) is 24.3 Å². The standard InChI is InChI=1S/C16H20N2O6S3.Na/c1-26(20,21)25-11-8-16(19)18-10-9-17-14-6-2-5-13-12(14)4-3-7-15(13)27(22,23)24;/h2-7,17H,8-11H2,1H3,(H,18,19)(H,22,23,24);/q;+1/p-1. The molecule has 0 heterocycles. The summed E-state index contributed by atoms with van der Waals surface area (Å²) in [5, 5.41) is 6.68. The molecule has 148 valence electrons. The van der Waals surface area contributed by atoms with E-state index in [1.807, 2.05) is 0 Å². The summed E-state index contributed by atoms with van der Waals surface area (Å²) in [5.74, 6) is -0.0703. The molecule has 0 spiro atoms. The van der Waals surface area contributed by atoms with Gasteiger partial charge in [0.25, 0.3) is 0 Å². The van der Waals surface area contributed by atoms with Gasteiger partial charge in [-0.2, -0.15) is 0 Å². The molecule has 0 saturated carbocycles. The number of benzene rings is 2. The van der Waals surface area contributed by atoms with Gasteiger partial charge < -0.3 is 15.2 Å². The summed E-state index contributed by atoms with van der Waals surface area (Å²) in [7, 11) is -7.01. The Morgan fingerprint density at radius 1 is 1.04 bits per heavy atom. The largest absolute Gasteiger partial charge is 1.00 e. The Kier molecular flexibility index (Phi) is 9.74. The molecule has 8 nitrogen and oxygen atoms in total. The molecule has 0 aromatic heterocycles. The van der Waals surface area contributed by atoms with Crippen molar-refractivity contribution in [2.75, 3.05) is 30.4 Å². The van der Waals surface area contributed by atoms with Crippen LogP contribution in [-0.4, -0.2) is 52.4 Å². The van der Waals surface area contributed by atoms with Gasteiger partial charge in [0.2, 0.25) is 5.91 Å². The van der Waals surface area contributed by atoms with Crippen molar-refractivity contribution in [3.8, 4) is 0 Å². The molecule has 0 atom stereocenters. The van der Waals surface area contributed by atoms with Crippen LogP contribution in [0.15, 0.2) is 41.3 Å². The summed E-state index contributed by atoms with van der Waals surface area (Å²) in [4.78, 5) is 11.4. The number of hydrogen-bond acceptors (Lipinski definition) is 8. The number of rotatable bonds is 9. The van der Waals surface area contributed by atoms with Gasteiger partial charge >= 0.3 is 29.6 Å². The van der Waals surface area contributed by atoms with E-state index in [9.17, 15) is 26.2 Å². The van der Waals surface area contributed by atoms with Gasteiger partial charge in [-0.05, 0) is 22.9 Å². The maximum atomic E-state index is 11.7. The number of fused-ring (bicyclic) bond motifs is 1. The Labute approximate surface area is 190 Å². The molecule has 2 rings (SSSR count). The van der Waals surface area contributed by atoms with Crippen molar-refractivity contribution < 1.29 is 55.7 Å². The van der Waals surface area contributed by atoms with Crippen LogP contribution in [0.25, 0.3) is 10.8 Å². The zero-order valence-corrected chi connectivity index (χ0v) is 19.9. The maximum absolute atomic E-state index is 11.7.